The number of piperidine rings is 1. The lowest BCUT2D eigenvalue weighted by molar-refractivity contribution is 0.0674. The van der Waals surface area contributed by atoms with Crippen LogP contribution in [-0.2, 0) is 10.0 Å². The summed E-state index contributed by atoms with van der Waals surface area (Å²) in [7, 11) is -1.76. The second-order valence-corrected chi connectivity index (χ2v) is 9.29. The molecule has 2 heterocycles. The Morgan fingerprint density at radius 3 is 2.67 bits per heavy atom. The molecule has 0 spiro atoms. The van der Waals surface area contributed by atoms with E-state index in [0.29, 0.717) is 37.3 Å². The van der Waals surface area contributed by atoms with Crippen molar-refractivity contribution in [1.29, 1.82) is 0 Å². The predicted octanol–water partition coefficient (Wildman–Crippen LogP) is 3.26. The van der Waals surface area contributed by atoms with Crippen molar-refractivity contribution in [3.63, 3.8) is 0 Å². The van der Waals surface area contributed by atoms with Crippen LogP contribution in [-0.4, -0.2) is 51.7 Å². The van der Waals surface area contributed by atoms with Gasteiger partial charge in [0.05, 0.1) is 13.4 Å². The fourth-order valence-corrected chi connectivity index (χ4v) is 4.75. The molecule has 7 nitrogen and oxygen atoms in total. The molecule has 1 fully saturated rings. The molecule has 1 atom stereocenters. The Morgan fingerprint density at radius 2 is 1.97 bits per heavy atom. The Bertz CT molecular complexity index is 1170. The number of carbonyl (C=O) groups excluding carboxylic acids is 1. The molecule has 1 unspecified atom stereocenters. The molecule has 0 aliphatic carbocycles. The molecule has 3 aromatic rings. The van der Waals surface area contributed by atoms with Gasteiger partial charge >= 0.3 is 0 Å². The Balaban J connectivity index is 1.75. The summed E-state index contributed by atoms with van der Waals surface area (Å²) in [6.45, 7) is 0.857. The molecular weight excluding hydrogens is 404 g/mol. The van der Waals surface area contributed by atoms with Crippen LogP contribution in [0.4, 0.5) is 0 Å². The molecule has 8 heteroatoms. The van der Waals surface area contributed by atoms with E-state index < -0.39 is 10.0 Å². The fraction of sp³-hybridized carbons (Fsp3) is 0.318. The largest absolute Gasteiger partial charge is 0.497 e. The molecule has 1 N–H and O–H groups in total. The molecule has 1 aliphatic heterocycles. The second-order valence-electron chi connectivity index (χ2n) is 7.51. The van der Waals surface area contributed by atoms with Crippen LogP contribution in [0.15, 0.2) is 52.9 Å². The molecule has 0 saturated carbocycles. The standard InChI is InChI=1S/C22H24N2O5S/c1-28-17-10-11-18-19(13-17)29-21(20(18)15-7-4-3-5-8-15)22(25)24-12-6-9-16(14-24)23-30(2,26)27/h3-5,7-8,10-11,13,16,23H,6,9,12,14H2,1-2H3. The van der Waals surface area contributed by atoms with Crippen LogP contribution in [0.5, 0.6) is 5.75 Å². The average Bonchev–Trinajstić information content (AvgIpc) is 3.11. The zero-order chi connectivity index (χ0) is 21.3. The van der Waals surface area contributed by atoms with E-state index in [-0.39, 0.29) is 17.7 Å². The van der Waals surface area contributed by atoms with Gasteiger partial charge in [0.2, 0.25) is 15.8 Å². The van der Waals surface area contributed by atoms with Gasteiger partial charge in [0.25, 0.3) is 5.91 Å². The van der Waals surface area contributed by atoms with E-state index in [1.165, 1.54) is 0 Å². The highest BCUT2D eigenvalue weighted by Crippen LogP contribution is 2.37. The number of methoxy groups -OCH3 is 1. The number of nitrogens with one attached hydrogen (secondary N) is 1. The highest BCUT2D eigenvalue weighted by atomic mass is 32.2. The van der Waals surface area contributed by atoms with Gasteiger partial charge in [0.1, 0.15) is 11.3 Å². The van der Waals surface area contributed by atoms with Gasteiger partial charge in [0.15, 0.2) is 0 Å². The van der Waals surface area contributed by atoms with Crippen molar-refractivity contribution in [2.24, 2.45) is 0 Å². The van der Waals surface area contributed by atoms with E-state index in [9.17, 15) is 13.2 Å². The van der Waals surface area contributed by atoms with E-state index in [0.717, 1.165) is 22.8 Å². The third kappa shape index (κ3) is 4.20. The molecule has 30 heavy (non-hydrogen) atoms. The monoisotopic (exact) mass is 428 g/mol. The highest BCUT2D eigenvalue weighted by Gasteiger charge is 2.31. The summed E-state index contributed by atoms with van der Waals surface area (Å²) in [5, 5.41) is 0.827. The lowest BCUT2D eigenvalue weighted by Gasteiger charge is -2.32. The number of hydrogen-bond donors (Lipinski definition) is 1. The van der Waals surface area contributed by atoms with Crippen LogP contribution in [0.3, 0.4) is 0 Å². The topological polar surface area (TPSA) is 88.9 Å². The van der Waals surface area contributed by atoms with Gasteiger partial charge in [-0.05, 0) is 30.5 Å². The Labute approximate surface area is 175 Å². The SMILES string of the molecule is COc1ccc2c(-c3ccccc3)c(C(=O)N3CCCC(NS(C)(=O)=O)C3)oc2c1. The van der Waals surface area contributed by atoms with Crippen molar-refractivity contribution in [2.45, 2.75) is 18.9 Å². The number of nitrogens with zero attached hydrogens (tertiary/aromatic N) is 1. The van der Waals surface area contributed by atoms with E-state index in [4.69, 9.17) is 9.15 Å². The van der Waals surface area contributed by atoms with Gasteiger partial charge < -0.3 is 14.1 Å². The van der Waals surface area contributed by atoms with E-state index in [2.05, 4.69) is 4.72 Å². The molecule has 1 aliphatic rings. The summed E-state index contributed by atoms with van der Waals surface area (Å²) in [5.74, 6) is 0.652. The van der Waals surface area contributed by atoms with Crippen molar-refractivity contribution < 1.29 is 22.4 Å². The van der Waals surface area contributed by atoms with Gasteiger partial charge in [-0.3, -0.25) is 4.79 Å². The Hall–Kier alpha value is -2.84. The van der Waals surface area contributed by atoms with Crippen molar-refractivity contribution in [3.8, 4) is 16.9 Å². The summed E-state index contributed by atoms with van der Waals surface area (Å²) in [5.41, 5.74) is 2.18. The smallest absolute Gasteiger partial charge is 0.290 e. The summed E-state index contributed by atoms with van der Waals surface area (Å²) in [4.78, 5) is 15.1. The summed E-state index contributed by atoms with van der Waals surface area (Å²) in [6, 6.07) is 14.8. The first-order chi connectivity index (χ1) is 14.4. The molecule has 0 bridgehead atoms. The maximum atomic E-state index is 13.5. The first-order valence-electron chi connectivity index (χ1n) is 9.78. The van der Waals surface area contributed by atoms with Gasteiger partial charge in [-0.25, -0.2) is 13.1 Å². The van der Waals surface area contributed by atoms with Crippen LogP contribution in [0.25, 0.3) is 22.1 Å². The lowest BCUT2D eigenvalue weighted by Crippen LogP contribution is -2.49. The first kappa shape index (κ1) is 20.4. The first-order valence-corrected chi connectivity index (χ1v) is 11.7. The van der Waals surface area contributed by atoms with Crippen molar-refractivity contribution in [3.05, 3.63) is 54.3 Å². The van der Waals surface area contributed by atoms with Gasteiger partial charge in [-0.1, -0.05) is 30.3 Å². The maximum absolute atomic E-state index is 13.5. The molecule has 2 aromatic carbocycles. The minimum atomic E-state index is -3.34. The van der Waals surface area contributed by atoms with Crippen molar-refractivity contribution in [1.82, 2.24) is 9.62 Å². The number of fused-ring (bicyclic) bond motifs is 1. The fourth-order valence-electron chi connectivity index (χ4n) is 3.95. The van der Waals surface area contributed by atoms with Crippen molar-refractivity contribution in [2.75, 3.05) is 26.5 Å². The Kier molecular flexibility index (Phi) is 5.53. The summed E-state index contributed by atoms with van der Waals surface area (Å²) < 4.78 is 37.2. The van der Waals surface area contributed by atoms with Crippen LogP contribution in [0.1, 0.15) is 23.4 Å². The molecular formula is C22H24N2O5S. The zero-order valence-electron chi connectivity index (χ0n) is 16.9. The van der Waals surface area contributed by atoms with Crippen LogP contribution < -0.4 is 9.46 Å². The minimum absolute atomic E-state index is 0.246. The molecule has 1 saturated heterocycles. The number of amides is 1. The molecule has 1 amide bonds. The third-order valence-electron chi connectivity index (χ3n) is 5.24. The Morgan fingerprint density at radius 1 is 1.20 bits per heavy atom. The number of likely N-dealkylation sites (tertiary alicyclic amines) is 1. The highest BCUT2D eigenvalue weighted by molar-refractivity contribution is 7.88. The lowest BCUT2D eigenvalue weighted by atomic mass is 10.0. The number of benzene rings is 2. The predicted molar refractivity (Wildman–Crippen MR) is 115 cm³/mol. The average molecular weight is 429 g/mol. The number of sulfonamides is 1. The third-order valence-corrected chi connectivity index (χ3v) is 6.00. The van der Waals surface area contributed by atoms with E-state index in [1.807, 2.05) is 42.5 Å². The van der Waals surface area contributed by atoms with Crippen molar-refractivity contribution >= 4 is 26.9 Å². The maximum Gasteiger partial charge on any atom is 0.290 e. The summed E-state index contributed by atoms with van der Waals surface area (Å²) in [6.07, 6.45) is 2.54. The van der Waals surface area contributed by atoms with Crippen LogP contribution >= 0.6 is 0 Å². The minimum Gasteiger partial charge on any atom is -0.497 e. The number of carbonyl (C=O) groups is 1. The van der Waals surface area contributed by atoms with Gasteiger partial charge in [-0.2, -0.15) is 0 Å². The number of furan rings is 1. The number of hydrogen-bond acceptors (Lipinski definition) is 5. The molecule has 4 rings (SSSR count). The second kappa shape index (κ2) is 8.12. The quantitative estimate of drug-likeness (QED) is 0.674. The molecule has 1 aromatic heterocycles. The molecule has 158 valence electrons. The number of rotatable bonds is 5. The van der Waals surface area contributed by atoms with Crippen LogP contribution in [0, 0.1) is 0 Å². The van der Waals surface area contributed by atoms with Gasteiger partial charge in [-0.15, -0.1) is 0 Å². The van der Waals surface area contributed by atoms with E-state index in [1.54, 1.807) is 18.1 Å². The van der Waals surface area contributed by atoms with Gasteiger partial charge in [0, 0.05) is 36.1 Å². The normalized spacial score (nSPS) is 17.3. The zero-order valence-corrected chi connectivity index (χ0v) is 17.7. The summed E-state index contributed by atoms with van der Waals surface area (Å²) >= 11 is 0. The number of ether oxygens (including phenoxy) is 1. The van der Waals surface area contributed by atoms with Crippen LogP contribution in [0.2, 0.25) is 0 Å². The molecule has 0 radical (unpaired) electrons. The van der Waals surface area contributed by atoms with E-state index >= 15 is 0 Å².